The third-order valence-electron chi connectivity index (χ3n) is 5.90. The minimum absolute atomic E-state index is 0.132. The van der Waals surface area contributed by atoms with E-state index in [-0.39, 0.29) is 22.8 Å². The molecule has 1 spiro atoms. The Labute approximate surface area is 157 Å². The number of fused-ring (bicyclic) bond motifs is 2. The lowest BCUT2D eigenvalue weighted by Gasteiger charge is -2.50. The number of amides is 1. The fourth-order valence-electron chi connectivity index (χ4n) is 4.55. The summed E-state index contributed by atoms with van der Waals surface area (Å²) in [7, 11) is 0. The van der Waals surface area contributed by atoms with Crippen LogP contribution in [0.25, 0.3) is 0 Å². The van der Waals surface area contributed by atoms with Crippen molar-refractivity contribution >= 4 is 5.91 Å². The molecule has 0 aromatic carbocycles. The van der Waals surface area contributed by atoms with Gasteiger partial charge >= 0.3 is 0 Å². The summed E-state index contributed by atoms with van der Waals surface area (Å²) in [4.78, 5) is 38.8. The van der Waals surface area contributed by atoms with Crippen molar-refractivity contribution in [1.29, 1.82) is 0 Å². The number of carbonyl (C=O) groups is 1. The standard InChI is InChI=1S/C19H25N5O3/c1-2-6-24-7-3-14-17(22-12-21-14)19(24)4-8-23(9-5-19)18(27)13-11-20-16(26)10-15(13)25/h10-12H,2-9H2,1H3,(H,21,22)(H2,20,25,26). The smallest absolute Gasteiger partial charge is 0.259 e. The molecule has 0 bridgehead atoms. The molecule has 0 saturated carbocycles. The molecule has 0 radical (unpaired) electrons. The molecule has 4 rings (SSSR count). The highest BCUT2D eigenvalue weighted by Crippen LogP contribution is 2.42. The number of aromatic amines is 2. The maximum atomic E-state index is 12.8. The van der Waals surface area contributed by atoms with E-state index in [1.807, 2.05) is 0 Å². The molecule has 8 heteroatoms. The zero-order chi connectivity index (χ0) is 19.0. The van der Waals surface area contributed by atoms with Gasteiger partial charge in [-0.2, -0.15) is 0 Å². The Morgan fingerprint density at radius 1 is 1.30 bits per heavy atom. The number of aromatic nitrogens is 3. The van der Waals surface area contributed by atoms with Crippen LogP contribution in [0, 0.1) is 0 Å². The second-order valence-corrected chi connectivity index (χ2v) is 7.39. The van der Waals surface area contributed by atoms with Crippen LogP contribution in [0.3, 0.4) is 0 Å². The number of nitrogens with zero attached hydrogens (tertiary/aromatic N) is 3. The largest absolute Gasteiger partial charge is 0.507 e. The number of imidazole rings is 1. The number of likely N-dealkylation sites (tertiary alicyclic amines) is 1. The molecule has 4 heterocycles. The van der Waals surface area contributed by atoms with Gasteiger partial charge in [0.2, 0.25) is 0 Å². The first-order valence-corrected chi connectivity index (χ1v) is 9.54. The highest BCUT2D eigenvalue weighted by atomic mass is 16.3. The Hall–Kier alpha value is -2.61. The number of hydrogen-bond donors (Lipinski definition) is 3. The number of pyridine rings is 1. The Balaban J connectivity index is 1.57. The monoisotopic (exact) mass is 371 g/mol. The van der Waals surface area contributed by atoms with Gasteiger partial charge in [0.15, 0.2) is 0 Å². The van der Waals surface area contributed by atoms with Gasteiger partial charge in [-0.3, -0.25) is 14.5 Å². The Morgan fingerprint density at radius 2 is 2.07 bits per heavy atom. The van der Waals surface area contributed by atoms with E-state index in [2.05, 4.69) is 26.8 Å². The minimum Gasteiger partial charge on any atom is -0.507 e. The van der Waals surface area contributed by atoms with Crippen molar-refractivity contribution in [2.45, 2.75) is 38.1 Å². The highest BCUT2D eigenvalue weighted by Gasteiger charge is 2.46. The van der Waals surface area contributed by atoms with Crippen LogP contribution < -0.4 is 5.56 Å². The molecule has 144 valence electrons. The van der Waals surface area contributed by atoms with E-state index >= 15 is 0 Å². The van der Waals surface area contributed by atoms with E-state index in [1.54, 1.807) is 11.2 Å². The third kappa shape index (κ3) is 2.93. The van der Waals surface area contributed by atoms with E-state index in [4.69, 9.17) is 0 Å². The van der Waals surface area contributed by atoms with E-state index in [0.717, 1.165) is 50.5 Å². The minimum atomic E-state index is -0.426. The predicted molar refractivity (Wildman–Crippen MR) is 99.7 cm³/mol. The molecule has 2 aromatic rings. The van der Waals surface area contributed by atoms with Crippen molar-refractivity contribution in [1.82, 2.24) is 24.8 Å². The molecule has 1 fully saturated rings. The van der Waals surface area contributed by atoms with Crippen LogP contribution in [0.4, 0.5) is 0 Å². The predicted octanol–water partition coefficient (Wildman–Crippen LogP) is 1.20. The molecule has 27 heavy (non-hydrogen) atoms. The number of H-pyrrole nitrogens is 2. The number of rotatable bonds is 3. The van der Waals surface area contributed by atoms with Gasteiger partial charge in [-0.1, -0.05) is 6.92 Å². The molecule has 0 unspecified atom stereocenters. The molecular formula is C19H25N5O3. The second-order valence-electron chi connectivity index (χ2n) is 7.39. The van der Waals surface area contributed by atoms with Gasteiger partial charge in [-0.05, 0) is 25.8 Å². The van der Waals surface area contributed by atoms with Crippen LogP contribution in [0.1, 0.15) is 47.9 Å². The van der Waals surface area contributed by atoms with Crippen LogP contribution in [-0.4, -0.2) is 61.9 Å². The molecule has 3 N–H and O–H groups in total. The van der Waals surface area contributed by atoms with E-state index in [1.165, 1.54) is 11.9 Å². The third-order valence-corrected chi connectivity index (χ3v) is 5.90. The summed E-state index contributed by atoms with van der Waals surface area (Å²) in [6, 6.07) is 1.04. The number of hydrogen-bond acceptors (Lipinski definition) is 5. The lowest BCUT2D eigenvalue weighted by Crippen LogP contribution is -2.57. The summed E-state index contributed by atoms with van der Waals surface area (Å²) in [5, 5.41) is 9.96. The lowest BCUT2D eigenvalue weighted by atomic mass is 9.78. The van der Waals surface area contributed by atoms with Crippen molar-refractivity contribution < 1.29 is 9.90 Å². The van der Waals surface area contributed by atoms with E-state index < -0.39 is 5.56 Å². The molecule has 2 aliphatic rings. The summed E-state index contributed by atoms with van der Waals surface area (Å²) in [6.45, 7) is 5.37. The Bertz CT molecular complexity index is 895. The maximum Gasteiger partial charge on any atom is 0.259 e. The average molecular weight is 371 g/mol. The van der Waals surface area contributed by atoms with Gasteiger partial charge in [0.25, 0.3) is 11.5 Å². The zero-order valence-corrected chi connectivity index (χ0v) is 15.5. The van der Waals surface area contributed by atoms with Crippen molar-refractivity contribution in [3.8, 4) is 5.75 Å². The van der Waals surface area contributed by atoms with Crippen molar-refractivity contribution in [2.75, 3.05) is 26.2 Å². The number of aromatic hydroxyl groups is 1. The first kappa shape index (κ1) is 17.8. The van der Waals surface area contributed by atoms with Crippen LogP contribution >= 0.6 is 0 Å². The number of carbonyl (C=O) groups excluding carboxylic acids is 1. The highest BCUT2D eigenvalue weighted by molar-refractivity contribution is 5.96. The number of nitrogens with one attached hydrogen (secondary N) is 2. The fraction of sp³-hybridized carbons (Fsp3) is 0.526. The summed E-state index contributed by atoms with van der Waals surface area (Å²) in [5.74, 6) is -0.525. The quantitative estimate of drug-likeness (QED) is 0.752. The second kappa shape index (κ2) is 6.84. The molecule has 0 aliphatic carbocycles. The van der Waals surface area contributed by atoms with Crippen molar-refractivity contribution in [2.24, 2.45) is 0 Å². The van der Waals surface area contributed by atoms with Crippen LogP contribution in [0.5, 0.6) is 5.75 Å². The molecule has 2 aromatic heterocycles. The van der Waals surface area contributed by atoms with Gasteiger partial charge in [0, 0.05) is 44.0 Å². The maximum absolute atomic E-state index is 12.8. The van der Waals surface area contributed by atoms with Crippen LogP contribution in [-0.2, 0) is 12.0 Å². The zero-order valence-electron chi connectivity index (χ0n) is 15.5. The summed E-state index contributed by atoms with van der Waals surface area (Å²) in [6.07, 6.45) is 6.74. The fourth-order valence-corrected chi connectivity index (χ4v) is 4.55. The van der Waals surface area contributed by atoms with E-state index in [9.17, 15) is 14.7 Å². The molecule has 2 aliphatic heterocycles. The molecule has 8 nitrogen and oxygen atoms in total. The Morgan fingerprint density at radius 3 is 2.78 bits per heavy atom. The topological polar surface area (TPSA) is 105 Å². The molecule has 1 saturated heterocycles. The van der Waals surface area contributed by atoms with Crippen LogP contribution in [0.15, 0.2) is 23.4 Å². The SMILES string of the molecule is CCCN1CCc2[nH]cnc2C12CCN(C(=O)c1c[nH]c(=O)cc1O)CC2. The lowest BCUT2D eigenvalue weighted by molar-refractivity contribution is 0.00699. The average Bonchev–Trinajstić information content (AvgIpc) is 3.14. The summed E-state index contributed by atoms with van der Waals surface area (Å²) in [5.41, 5.74) is 1.92. The van der Waals surface area contributed by atoms with Gasteiger partial charge < -0.3 is 20.0 Å². The number of piperidine rings is 1. The first-order chi connectivity index (χ1) is 13.0. The van der Waals surface area contributed by atoms with Crippen molar-refractivity contribution in [3.63, 3.8) is 0 Å². The molecule has 0 atom stereocenters. The van der Waals surface area contributed by atoms with Gasteiger partial charge in [-0.15, -0.1) is 0 Å². The van der Waals surface area contributed by atoms with Gasteiger partial charge in [0.1, 0.15) is 5.75 Å². The van der Waals surface area contributed by atoms with E-state index in [0.29, 0.717) is 13.1 Å². The van der Waals surface area contributed by atoms with Crippen LogP contribution in [0.2, 0.25) is 0 Å². The summed E-state index contributed by atoms with van der Waals surface area (Å²) >= 11 is 0. The summed E-state index contributed by atoms with van der Waals surface area (Å²) < 4.78 is 0. The molecular weight excluding hydrogens is 346 g/mol. The first-order valence-electron chi connectivity index (χ1n) is 9.54. The van der Waals surface area contributed by atoms with Crippen molar-refractivity contribution in [3.05, 3.63) is 45.9 Å². The Kier molecular flexibility index (Phi) is 4.51. The normalized spacial score (nSPS) is 19.2. The van der Waals surface area contributed by atoms with Gasteiger partial charge in [0.05, 0.1) is 23.1 Å². The van der Waals surface area contributed by atoms with Gasteiger partial charge in [-0.25, -0.2) is 4.98 Å². The molecule has 1 amide bonds.